The van der Waals surface area contributed by atoms with Crippen molar-refractivity contribution in [1.29, 1.82) is 0 Å². The van der Waals surface area contributed by atoms with Crippen molar-refractivity contribution in [2.75, 3.05) is 32.9 Å². The first-order chi connectivity index (χ1) is 9.45. The second-order valence-corrected chi connectivity index (χ2v) is 6.35. The third-order valence-electron chi connectivity index (χ3n) is 3.22. The van der Waals surface area contributed by atoms with E-state index in [2.05, 4.69) is 0 Å². The summed E-state index contributed by atoms with van der Waals surface area (Å²) in [6.07, 6.45) is 0. The molecule has 0 radical (unpaired) electrons. The summed E-state index contributed by atoms with van der Waals surface area (Å²) >= 11 is 0. The zero-order valence-corrected chi connectivity index (χ0v) is 11.5. The minimum Gasteiger partial charge on any atom is -0.381 e. The summed E-state index contributed by atoms with van der Waals surface area (Å²) in [6.45, 7) is 1.41. The molecule has 1 aromatic rings. The number of aliphatic hydroxyl groups is 1. The van der Waals surface area contributed by atoms with Gasteiger partial charge in [0.15, 0.2) is 0 Å². The van der Waals surface area contributed by atoms with Crippen LogP contribution in [0.2, 0.25) is 0 Å². The molecule has 110 valence electrons. The van der Waals surface area contributed by atoms with Crippen molar-refractivity contribution in [1.82, 2.24) is 9.21 Å². The molecule has 1 heterocycles. The number of non-ortho nitro benzene ring substituents is 1. The number of rotatable bonds is 4. The van der Waals surface area contributed by atoms with Crippen LogP contribution in [0.25, 0.3) is 0 Å². The van der Waals surface area contributed by atoms with Crippen molar-refractivity contribution < 1.29 is 18.4 Å². The summed E-state index contributed by atoms with van der Waals surface area (Å²) in [4.78, 5) is 11.8. The van der Waals surface area contributed by atoms with Crippen LogP contribution in [0, 0.1) is 10.1 Å². The molecule has 0 atom stereocenters. The minimum absolute atomic E-state index is 0.0422. The molecule has 1 fully saturated rings. The number of sulfonamides is 1. The van der Waals surface area contributed by atoms with Crippen molar-refractivity contribution in [2.45, 2.75) is 4.90 Å². The molecule has 1 saturated heterocycles. The fourth-order valence-corrected chi connectivity index (χ4v) is 3.42. The van der Waals surface area contributed by atoms with Gasteiger partial charge in [0.05, 0.1) is 16.5 Å². The molecular formula is C11H15N3O5S. The number of hydrogen-bond acceptors (Lipinski definition) is 6. The number of benzene rings is 1. The second kappa shape index (κ2) is 5.83. The van der Waals surface area contributed by atoms with Crippen molar-refractivity contribution in [3.8, 4) is 0 Å². The molecule has 0 bridgehead atoms. The maximum Gasteiger partial charge on any atom is 0.269 e. The molecule has 1 aliphatic rings. The Morgan fingerprint density at radius 2 is 1.70 bits per heavy atom. The van der Waals surface area contributed by atoms with Gasteiger partial charge in [-0.15, -0.1) is 0 Å². The van der Waals surface area contributed by atoms with Crippen LogP contribution in [-0.2, 0) is 10.0 Å². The van der Waals surface area contributed by atoms with Crippen LogP contribution < -0.4 is 0 Å². The highest BCUT2D eigenvalue weighted by Gasteiger charge is 2.28. The second-order valence-electron chi connectivity index (χ2n) is 4.41. The van der Waals surface area contributed by atoms with Crippen molar-refractivity contribution in [3.05, 3.63) is 34.4 Å². The standard InChI is InChI=1S/C11H15N3O5S/c15-9-12-5-7-13(8-6-12)20(18,19)11-3-1-10(2-4-11)14(16)17/h1-4,15H,5-9H2. The Kier molecular flexibility index (Phi) is 4.33. The van der Waals surface area contributed by atoms with Gasteiger partial charge in [0.2, 0.25) is 10.0 Å². The van der Waals surface area contributed by atoms with Gasteiger partial charge in [-0.25, -0.2) is 8.42 Å². The lowest BCUT2D eigenvalue weighted by Crippen LogP contribution is -2.48. The number of nitrogens with zero attached hydrogens (tertiary/aromatic N) is 3. The molecule has 1 N–H and O–H groups in total. The highest BCUT2D eigenvalue weighted by atomic mass is 32.2. The lowest BCUT2D eigenvalue weighted by atomic mass is 10.3. The van der Waals surface area contributed by atoms with Crippen LogP contribution >= 0.6 is 0 Å². The lowest BCUT2D eigenvalue weighted by molar-refractivity contribution is -0.384. The van der Waals surface area contributed by atoms with E-state index >= 15 is 0 Å². The predicted octanol–water partition coefficient (Wildman–Crippen LogP) is -0.149. The zero-order valence-electron chi connectivity index (χ0n) is 10.7. The van der Waals surface area contributed by atoms with E-state index in [4.69, 9.17) is 5.11 Å². The van der Waals surface area contributed by atoms with E-state index in [0.29, 0.717) is 26.2 Å². The molecule has 0 amide bonds. The molecule has 2 rings (SSSR count). The van der Waals surface area contributed by atoms with Gasteiger partial charge in [0, 0.05) is 38.3 Å². The van der Waals surface area contributed by atoms with Gasteiger partial charge in [0.25, 0.3) is 5.69 Å². The third kappa shape index (κ3) is 2.96. The van der Waals surface area contributed by atoms with Crippen LogP contribution in [0.15, 0.2) is 29.2 Å². The van der Waals surface area contributed by atoms with E-state index < -0.39 is 14.9 Å². The summed E-state index contributed by atoms with van der Waals surface area (Å²) < 4.78 is 26.0. The Hall–Kier alpha value is -1.55. The monoisotopic (exact) mass is 301 g/mol. The van der Waals surface area contributed by atoms with Crippen molar-refractivity contribution in [3.63, 3.8) is 0 Å². The number of piperazine rings is 1. The van der Waals surface area contributed by atoms with Crippen LogP contribution in [0.5, 0.6) is 0 Å². The number of hydrogen-bond donors (Lipinski definition) is 1. The van der Waals surface area contributed by atoms with E-state index in [1.807, 2.05) is 0 Å². The number of nitro groups is 1. The smallest absolute Gasteiger partial charge is 0.269 e. The Balaban J connectivity index is 2.16. The van der Waals surface area contributed by atoms with E-state index in [0.717, 1.165) is 0 Å². The van der Waals surface area contributed by atoms with Gasteiger partial charge in [-0.1, -0.05) is 0 Å². The van der Waals surface area contributed by atoms with E-state index in [-0.39, 0.29) is 17.3 Å². The van der Waals surface area contributed by atoms with Crippen LogP contribution in [-0.4, -0.2) is 60.6 Å². The Bertz CT molecular complexity index is 579. The Morgan fingerprint density at radius 3 is 2.15 bits per heavy atom. The zero-order chi connectivity index (χ0) is 14.8. The largest absolute Gasteiger partial charge is 0.381 e. The molecule has 20 heavy (non-hydrogen) atoms. The summed E-state index contributed by atoms with van der Waals surface area (Å²) in [5.41, 5.74) is -0.144. The molecule has 0 unspecified atom stereocenters. The fourth-order valence-electron chi connectivity index (χ4n) is 2.00. The van der Waals surface area contributed by atoms with Gasteiger partial charge in [-0.2, -0.15) is 4.31 Å². The van der Waals surface area contributed by atoms with Gasteiger partial charge in [-0.3, -0.25) is 15.0 Å². The molecule has 9 heteroatoms. The molecule has 8 nitrogen and oxygen atoms in total. The molecular weight excluding hydrogens is 286 g/mol. The fraction of sp³-hybridized carbons (Fsp3) is 0.455. The molecule has 0 aromatic heterocycles. The topological polar surface area (TPSA) is 104 Å². The maximum atomic E-state index is 12.3. The van der Waals surface area contributed by atoms with Crippen LogP contribution in [0.1, 0.15) is 0 Å². The quantitative estimate of drug-likeness (QED) is 0.612. The van der Waals surface area contributed by atoms with E-state index in [1.165, 1.54) is 28.6 Å². The van der Waals surface area contributed by atoms with Gasteiger partial charge in [-0.05, 0) is 12.1 Å². The molecule has 1 aromatic carbocycles. The van der Waals surface area contributed by atoms with Gasteiger partial charge >= 0.3 is 0 Å². The average Bonchev–Trinajstić information content (AvgIpc) is 2.47. The maximum absolute atomic E-state index is 12.3. The Morgan fingerprint density at radius 1 is 1.15 bits per heavy atom. The summed E-state index contributed by atoms with van der Waals surface area (Å²) in [7, 11) is -3.63. The number of aliphatic hydroxyl groups excluding tert-OH is 1. The summed E-state index contributed by atoms with van der Waals surface area (Å²) in [5.74, 6) is 0. The highest BCUT2D eigenvalue weighted by molar-refractivity contribution is 7.89. The SMILES string of the molecule is O=[N+]([O-])c1ccc(S(=O)(=O)N2CCN(CO)CC2)cc1. The first-order valence-corrected chi connectivity index (χ1v) is 7.47. The minimum atomic E-state index is -3.63. The third-order valence-corrected chi connectivity index (χ3v) is 5.13. The number of nitro benzene ring substituents is 1. The van der Waals surface area contributed by atoms with Crippen LogP contribution in [0.4, 0.5) is 5.69 Å². The van der Waals surface area contributed by atoms with Crippen molar-refractivity contribution >= 4 is 15.7 Å². The Labute approximate surface area is 116 Å². The summed E-state index contributed by atoms with van der Waals surface area (Å²) in [6, 6.07) is 4.84. The molecule has 0 saturated carbocycles. The van der Waals surface area contributed by atoms with Crippen LogP contribution in [0.3, 0.4) is 0 Å². The molecule has 1 aliphatic heterocycles. The molecule has 0 aliphatic carbocycles. The first-order valence-electron chi connectivity index (χ1n) is 6.03. The van der Waals surface area contributed by atoms with Gasteiger partial charge < -0.3 is 5.11 Å². The lowest BCUT2D eigenvalue weighted by Gasteiger charge is -2.32. The van der Waals surface area contributed by atoms with E-state index in [1.54, 1.807) is 4.90 Å². The van der Waals surface area contributed by atoms with E-state index in [9.17, 15) is 18.5 Å². The highest BCUT2D eigenvalue weighted by Crippen LogP contribution is 2.20. The predicted molar refractivity (Wildman–Crippen MR) is 70.5 cm³/mol. The molecule has 0 spiro atoms. The normalized spacial score (nSPS) is 18.1. The first kappa shape index (κ1) is 14.9. The average molecular weight is 301 g/mol. The van der Waals surface area contributed by atoms with Crippen molar-refractivity contribution in [2.24, 2.45) is 0 Å². The van der Waals surface area contributed by atoms with Gasteiger partial charge in [0.1, 0.15) is 0 Å². The summed E-state index contributed by atoms with van der Waals surface area (Å²) in [5, 5.41) is 19.5.